The van der Waals surface area contributed by atoms with Gasteiger partial charge in [0.05, 0.1) is 17.6 Å². The molecule has 0 aliphatic carbocycles. The average molecular weight is 324 g/mol. The highest BCUT2D eigenvalue weighted by atomic mass is 16.5. The Morgan fingerprint density at radius 3 is 2.67 bits per heavy atom. The SMILES string of the molecule is CCC(O)c1nc2ccccc2n1CCOc1ccc(C)c(C)c1. The van der Waals surface area contributed by atoms with Crippen molar-refractivity contribution in [1.29, 1.82) is 0 Å². The summed E-state index contributed by atoms with van der Waals surface area (Å²) in [5, 5.41) is 10.3. The van der Waals surface area contributed by atoms with E-state index in [0.29, 0.717) is 25.4 Å². The van der Waals surface area contributed by atoms with Gasteiger partial charge in [-0.25, -0.2) is 4.98 Å². The van der Waals surface area contributed by atoms with Crippen LogP contribution < -0.4 is 4.74 Å². The number of rotatable bonds is 6. The second-order valence-corrected chi connectivity index (χ2v) is 6.13. The number of benzene rings is 2. The highest BCUT2D eigenvalue weighted by Gasteiger charge is 2.16. The topological polar surface area (TPSA) is 47.3 Å². The van der Waals surface area contributed by atoms with Gasteiger partial charge in [-0.15, -0.1) is 0 Å². The van der Waals surface area contributed by atoms with Gasteiger partial charge in [0.15, 0.2) is 0 Å². The van der Waals surface area contributed by atoms with Gasteiger partial charge in [-0.3, -0.25) is 0 Å². The van der Waals surface area contributed by atoms with Crippen LogP contribution >= 0.6 is 0 Å². The second kappa shape index (κ2) is 7.05. The summed E-state index contributed by atoms with van der Waals surface area (Å²) in [6.45, 7) is 7.32. The van der Waals surface area contributed by atoms with Crippen molar-refractivity contribution in [3.05, 3.63) is 59.4 Å². The van der Waals surface area contributed by atoms with Gasteiger partial charge in [-0.1, -0.05) is 25.1 Å². The van der Waals surface area contributed by atoms with Gasteiger partial charge in [-0.05, 0) is 55.7 Å². The molecule has 0 spiro atoms. The molecule has 1 aromatic heterocycles. The number of hydrogen-bond acceptors (Lipinski definition) is 3. The lowest BCUT2D eigenvalue weighted by Crippen LogP contribution is -2.13. The van der Waals surface area contributed by atoms with Crippen molar-refractivity contribution in [3.63, 3.8) is 0 Å². The van der Waals surface area contributed by atoms with Crippen molar-refractivity contribution in [2.45, 2.75) is 39.8 Å². The minimum absolute atomic E-state index is 0.534. The van der Waals surface area contributed by atoms with E-state index in [0.717, 1.165) is 16.8 Å². The van der Waals surface area contributed by atoms with E-state index < -0.39 is 6.10 Å². The first-order chi connectivity index (χ1) is 11.6. The molecule has 4 nitrogen and oxygen atoms in total. The van der Waals surface area contributed by atoms with Gasteiger partial charge in [0, 0.05) is 0 Å². The number of para-hydroxylation sites is 2. The van der Waals surface area contributed by atoms with Crippen LogP contribution in [0.5, 0.6) is 5.75 Å². The van der Waals surface area contributed by atoms with Crippen LogP contribution in [0.25, 0.3) is 11.0 Å². The minimum Gasteiger partial charge on any atom is -0.492 e. The van der Waals surface area contributed by atoms with E-state index in [1.54, 1.807) is 0 Å². The van der Waals surface area contributed by atoms with Gasteiger partial charge in [0.25, 0.3) is 0 Å². The monoisotopic (exact) mass is 324 g/mol. The number of aromatic nitrogens is 2. The number of hydrogen-bond donors (Lipinski definition) is 1. The van der Waals surface area contributed by atoms with Crippen LogP contribution in [0.4, 0.5) is 0 Å². The molecule has 1 N–H and O–H groups in total. The van der Waals surface area contributed by atoms with E-state index >= 15 is 0 Å². The molecule has 0 saturated carbocycles. The number of fused-ring (bicyclic) bond motifs is 1. The van der Waals surface area contributed by atoms with E-state index in [2.05, 4.69) is 35.5 Å². The first-order valence-electron chi connectivity index (χ1n) is 8.43. The Balaban J connectivity index is 1.79. The fraction of sp³-hybridized carbons (Fsp3) is 0.350. The third kappa shape index (κ3) is 3.29. The summed E-state index contributed by atoms with van der Waals surface area (Å²) < 4.78 is 7.96. The van der Waals surface area contributed by atoms with Crippen LogP contribution in [0.15, 0.2) is 42.5 Å². The van der Waals surface area contributed by atoms with Crippen molar-refractivity contribution >= 4 is 11.0 Å². The largest absolute Gasteiger partial charge is 0.492 e. The Kier molecular flexibility index (Phi) is 4.86. The zero-order valence-corrected chi connectivity index (χ0v) is 14.5. The average Bonchev–Trinajstić information content (AvgIpc) is 2.96. The molecular weight excluding hydrogens is 300 g/mol. The minimum atomic E-state index is -0.556. The van der Waals surface area contributed by atoms with Crippen LogP contribution in [0.2, 0.25) is 0 Å². The third-order valence-electron chi connectivity index (χ3n) is 4.43. The highest BCUT2D eigenvalue weighted by Crippen LogP contribution is 2.23. The molecule has 24 heavy (non-hydrogen) atoms. The standard InChI is InChI=1S/C20H24N2O2/c1-4-19(23)20-21-17-7-5-6-8-18(17)22(20)11-12-24-16-10-9-14(2)15(3)13-16/h5-10,13,19,23H,4,11-12H2,1-3H3. The summed E-state index contributed by atoms with van der Waals surface area (Å²) in [7, 11) is 0. The molecule has 3 aromatic rings. The van der Waals surface area contributed by atoms with Gasteiger partial charge in [-0.2, -0.15) is 0 Å². The molecule has 0 aliphatic heterocycles. The van der Waals surface area contributed by atoms with Crippen molar-refractivity contribution in [3.8, 4) is 5.75 Å². The molecule has 0 amide bonds. The van der Waals surface area contributed by atoms with Gasteiger partial charge < -0.3 is 14.4 Å². The molecular formula is C20H24N2O2. The summed E-state index contributed by atoms with van der Waals surface area (Å²) >= 11 is 0. The molecule has 3 rings (SSSR count). The van der Waals surface area contributed by atoms with Crippen LogP contribution in [0, 0.1) is 13.8 Å². The Hall–Kier alpha value is -2.33. The predicted molar refractivity (Wildman–Crippen MR) is 96.4 cm³/mol. The lowest BCUT2D eigenvalue weighted by molar-refractivity contribution is 0.157. The Morgan fingerprint density at radius 2 is 1.92 bits per heavy atom. The normalized spacial score (nSPS) is 12.5. The lowest BCUT2D eigenvalue weighted by atomic mass is 10.1. The lowest BCUT2D eigenvalue weighted by Gasteiger charge is -2.14. The smallest absolute Gasteiger partial charge is 0.138 e. The molecule has 1 heterocycles. The summed E-state index contributed by atoms with van der Waals surface area (Å²) in [4.78, 5) is 4.59. The second-order valence-electron chi connectivity index (χ2n) is 6.13. The maximum atomic E-state index is 10.3. The molecule has 0 aliphatic rings. The van der Waals surface area contributed by atoms with Crippen LogP contribution in [-0.2, 0) is 6.54 Å². The number of imidazole rings is 1. The van der Waals surface area contributed by atoms with Crippen molar-refractivity contribution in [2.75, 3.05) is 6.61 Å². The first kappa shape index (κ1) is 16.5. The van der Waals surface area contributed by atoms with Crippen LogP contribution in [0.1, 0.15) is 36.4 Å². The quantitative estimate of drug-likeness (QED) is 0.740. The van der Waals surface area contributed by atoms with Gasteiger partial charge >= 0.3 is 0 Å². The molecule has 0 saturated heterocycles. The Labute approximate surface area is 142 Å². The molecule has 0 fully saturated rings. The van der Waals surface area contributed by atoms with Crippen LogP contribution in [0.3, 0.4) is 0 Å². The zero-order valence-electron chi connectivity index (χ0n) is 14.5. The fourth-order valence-corrected chi connectivity index (χ4v) is 2.82. The molecule has 0 radical (unpaired) electrons. The van der Waals surface area contributed by atoms with E-state index in [1.807, 2.05) is 37.3 Å². The molecule has 0 bridgehead atoms. The fourth-order valence-electron chi connectivity index (χ4n) is 2.82. The van der Waals surface area contributed by atoms with Crippen LogP contribution in [-0.4, -0.2) is 21.3 Å². The number of ether oxygens (including phenoxy) is 1. The van der Waals surface area contributed by atoms with Gasteiger partial charge in [0.2, 0.25) is 0 Å². The van der Waals surface area contributed by atoms with Gasteiger partial charge in [0.1, 0.15) is 24.3 Å². The number of aryl methyl sites for hydroxylation is 2. The summed E-state index contributed by atoms with van der Waals surface area (Å²) in [5.41, 5.74) is 4.42. The van der Waals surface area contributed by atoms with E-state index in [-0.39, 0.29) is 0 Å². The molecule has 2 aromatic carbocycles. The maximum Gasteiger partial charge on any atom is 0.138 e. The predicted octanol–water partition coefficient (Wildman–Crippen LogP) is 4.18. The molecule has 126 valence electrons. The van der Waals surface area contributed by atoms with E-state index in [4.69, 9.17) is 4.74 Å². The van der Waals surface area contributed by atoms with Crippen molar-refractivity contribution in [1.82, 2.24) is 9.55 Å². The maximum absolute atomic E-state index is 10.3. The van der Waals surface area contributed by atoms with Crippen molar-refractivity contribution in [2.24, 2.45) is 0 Å². The molecule has 1 unspecified atom stereocenters. The summed E-state index contributed by atoms with van der Waals surface area (Å²) in [6.07, 6.45) is 0.0838. The number of aliphatic hydroxyl groups is 1. The molecule has 4 heteroatoms. The first-order valence-corrected chi connectivity index (χ1v) is 8.43. The zero-order chi connectivity index (χ0) is 17.1. The van der Waals surface area contributed by atoms with E-state index in [9.17, 15) is 5.11 Å². The third-order valence-corrected chi connectivity index (χ3v) is 4.43. The number of nitrogens with zero attached hydrogens (tertiary/aromatic N) is 2. The molecule has 1 atom stereocenters. The summed E-state index contributed by atoms with van der Waals surface area (Å²) in [5.74, 6) is 1.59. The summed E-state index contributed by atoms with van der Waals surface area (Å²) in [6, 6.07) is 14.1. The highest BCUT2D eigenvalue weighted by molar-refractivity contribution is 5.76. The van der Waals surface area contributed by atoms with Crippen molar-refractivity contribution < 1.29 is 9.84 Å². The Bertz CT molecular complexity index is 839. The van der Waals surface area contributed by atoms with E-state index in [1.165, 1.54) is 11.1 Å². The number of aliphatic hydroxyl groups excluding tert-OH is 1. The Morgan fingerprint density at radius 1 is 1.12 bits per heavy atom.